The average molecular weight is 535 g/mol. The van der Waals surface area contributed by atoms with E-state index in [-0.39, 0.29) is 23.1 Å². The van der Waals surface area contributed by atoms with Crippen LogP contribution in [0.1, 0.15) is 59.4 Å². The largest absolute Gasteiger partial charge is 0.416 e. The van der Waals surface area contributed by atoms with E-state index in [2.05, 4.69) is 46.4 Å². The number of hydrogen-bond acceptors (Lipinski definition) is 6. The number of carbonyl (C=O) groups is 1. The van der Waals surface area contributed by atoms with E-state index in [0.717, 1.165) is 25.0 Å². The van der Waals surface area contributed by atoms with Gasteiger partial charge in [0.15, 0.2) is 5.82 Å². The highest BCUT2D eigenvalue weighted by Gasteiger charge is 2.34. The number of benzene rings is 1. The molecule has 1 aliphatic carbocycles. The Kier molecular flexibility index (Phi) is 5.38. The van der Waals surface area contributed by atoms with Crippen LogP contribution in [-0.2, 0) is 6.18 Å². The first-order chi connectivity index (χ1) is 16.1. The van der Waals surface area contributed by atoms with Crippen LogP contribution in [0.25, 0.3) is 16.9 Å². The molecule has 0 spiro atoms. The van der Waals surface area contributed by atoms with Crippen molar-refractivity contribution in [3.05, 3.63) is 58.0 Å². The number of hydrogen-bond donors (Lipinski definition) is 1. The minimum atomic E-state index is -4.61. The summed E-state index contributed by atoms with van der Waals surface area (Å²) in [4.78, 5) is 26.0. The van der Waals surface area contributed by atoms with E-state index >= 15 is 0 Å². The van der Waals surface area contributed by atoms with E-state index in [9.17, 15) is 18.0 Å². The molecule has 176 valence electrons. The third-order valence-electron chi connectivity index (χ3n) is 5.45. The number of alkyl halides is 3. The number of nitrogens with one attached hydrogen (secondary N) is 1. The SMILES string of the molecule is Cc1nc([C@H](C)NC(=O)c2cc(C(F)(F)F)cc3c2cnn3C2CC2)n(-c2ncc(Br)cn2)n1. The van der Waals surface area contributed by atoms with E-state index in [0.29, 0.717) is 21.5 Å². The second kappa shape index (κ2) is 8.15. The van der Waals surface area contributed by atoms with Gasteiger partial charge in [-0.1, -0.05) is 0 Å². The minimum absolute atomic E-state index is 0.0586. The first kappa shape index (κ1) is 22.4. The molecule has 1 amide bonds. The van der Waals surface area contributed by atoms with Crippen LogP contribution in [0, 0.1) is 6.92 Å². The van der Waals surface area contributed by atoms with Gasteiger partial charge in [0.25, 0.3) is 11.9 Å². The fraction of sp³-hybridized carbons (Fsp3) is 0.333. The first-order valence-corrected chi connectivity index (χ1v) is 11.2. The van der Waals surface area contributed by atoms with E-state index in [1.165, 1.54) is 10.9 Å². The molecule has 1 aliphatic rings. The summed E-state index contributed by atoms with van der Waals surface area (Å²) >= 11 is 3.27. The summed E-state index contributed by atoms with van der Waals surface area (Å²) in [6.45, 7) is 3.34. The van der Waals surface area contributed by atoms with Crippen molar-refractivity contribution in [1.82, 2.24) is 39.8 Å². The maximum absolute atomic E-state index is 13.6. The summed E-state index contributed by atoms with van der Waals surface area (Å²) in [7, 11) is 0. The molecule has 1 atom stereocenters. The summed E-state index contributed by atoms with van der Waals surface area (Å²) in [5, 5.41) is 11.6. The Labute approximate surface area is 199 Å². The molecule has 3 aromatic heterocycles. The third-order valence-corrected chi connectivity index (χ3v) is 5.86. The Morgan fingerprint density at radius 2 is 1.91 bits per heavy atom. The Hall–Kier alpha value is -3.35. The maximum atomic E-state index is 13.6. The molecule has 1 fully saturated rings. The lowest BCUT2D eigenvalue weighted by Gasteiger charge is -2.16. The van der Waals surface area contributed by atoms with Crippen molar-refractivity contribution in [2.24, 2.45) is 0 Å². The number of aryl methyl sites for hydroxylation is 1. The van der Waals surface area contributed by atoms with Crippen LogP contribution in [0.3, 0.4) is 0 Å². The summed E-state index contributed by atoms with van der Waals surface area (Å²) in [6, 6.07) is 1.26. The van der Waals surface area contributed by atoms with Crippen LogP contribution < -0.4 is 5.32 Å². The molecule has 34 heavy (non-hydrogen) atoms. The molecule has 0 saturated heterocycles. The zero-order valence-corrected chi connectivity index (χ0v) is 19.6. The molecule has 0 unspecified atom stereocenters. The normalized spacial score (nSPS) is 15.0. The van der Waals surface area contributed by atoms with Crippen molar-refractivity contribution in [1.29, 1.82) is 0 Å². The molecule has 4 aromatic rings. The molecule has 13 heteroatoms. The number of amides is 1. The molecule has 1 aromatic carbocycles. The lowest BCUT2D eigenvalue weighted by molar-refractivity contribution is -0.137. The van der Waals surface area contributed by atoms with Gasteiger partial charge in [-0.2, -0.15) is 23.0 Å². The van der Waals surface area contributed by atoms with Gasteiger partial charge in [0.05, 0.1) is 39.4 Å². The number of nitrogens with zero attached hydrogens (tertiary/aromatic N) is 7. The van der Waals surface area contributed by atoms with Crippen molar-refractivity contribution >= 4 is 32.7 Å². The fourth-order valence-corrected chi connectivity index (χ4v) is 3.92. The van der Waals surface area contributed by atoms with Gasteiger partial charge in [-0.05, 0) is 54.8 Å². The molecule has 3 heterocycles. The first-order valence-electron chi connectivity index (χ1n) is 10.4. The molecule has 5 rings (SSSR count). The summed E-state index contributed by atoms with van der Waals surface area (Å²) in [6.07, 6.45) is 1.61. The fourth-order valence-electron chi connectivity index (χ4n) is 3.72. The Balaban J connectivity index is 1.50. The van der Waals surface area contributed by atoms with Gasteiger partial charge in [-0.15, -0.1) is 5.10 Å². The number of halogens is 4. The number of fused-ring (bicyclic) bond motifs is 1. The molecule has 9 nitrogen and oxygen atoms in total. The number of aromatic nitrogens is 7. The monoisotopic (exact) mass is 534 g/mol. The van der Waals surface area contributed by atoms with E-state index in [1.807, 2.05) is 0 Å². The lowest BCUT2D eigenvalue weighted by Crippen LogP contribution is -2.29. The topological polar surface area (TPSA) is 103 Å². The smallest absolute Gasteiger partial charge is 0.342 e. The molecule has 0 radical (unpaired) electrons. The van der Waals surface area contributed by atoms with E-state index in [1.54, 1.807) is 30.9 Å². The second-order valence-corrected chi connectivity index (χ2v) is 9.02. The standard InChI is InChI=1S/C21H18BrF3N8O/c1-10(18-30-11(2)31-33(18)20-26-7-13(22)8-27-20)29-19(34)15-5-12(21(23,24)25)6-17-16(15)9-28-32(17)14-3-4-14/h5-10,14H,3-4H2,1-2H3,(H,29,34)/t10-/m0/s1. The van der Waals surface area contributed by atoms with Gasteiger partial charge in [-0.3, -0.25) is 9.48 Å². The van der Waals surface area contributed by atoms with Crippen molar-refractivity contribution < 1.29 is 18.0 Å². The quantitative estimate of drug-likeness (QED) is 0.409. The second-order valence-electron chi connectivity index (χ2n) is 8.10. The number of rotatable bonds is 5. The van der Waals surface area contributed by atoms with E-state index < -0.39 is 23.7 Å². The summed E-state index contributed by atoms with van der Waals surface area (Å²) < 4.78 is 44.5. The van der Waals surface area contributed by atoms with Crippen LogP contribution in [-0.4, -0.2) is 40.4 Å². The molecule has 0 bridgehead atoms. The molecular weight excluding hydrogens is 517 g/mol. The Bertz CT molecular complexity index is 1390. The molecule has 1 N–H and O–H groups in total. The van der Waals surface area contributed by atoms with Crippen LogP contribution >= 0.6 is 15.9 Å². The van der Waals surface area contributed by atoms with Crippen LogP contribution in [0.15, 0.2) is 35.2 Å². The molecular formula is C21H18BrF3N8O. The zero-order valence-electron chi connectivity index (χ0n) is 18.0. The molecule has 0 aliphatic heterocycles. The molecule has 1 saturated carbocycles. The van der Waals surface area contributed by atoms with Gasteiger partial charge in [0.1, 0.15) is 5.82 Å². The lowest BCUT2D eigenvalue weighted by atomic mass is 10.0. The van der Waals surface area contributed by atoms with Crippen molar-refractivity contribution in [2.45, 2.75) is 44.9 Å². The highest BCUT2D eigenvalue weighted by molar-refractivity contribution is 9.10. The summed E-state index contributed by atoms with van der Waals surface area (Å²) in [5.41, 5.74) is -0.717. The highest BCUT2D eigenvalue weighted by atomic mass is 79.9. The highest BCUT2D eigenvalue weighted by Crippen LogP contribution is 2.39. The third kappa shape index (κ3) is 4.15. The Morgan fingerprint density at radius 3 is 2.56 bits per heavy atom. The van der Waals surface area contributed by atoms with Gasteiger partial charge in [0.2, 0.25) is 0 Å². The van der Waals surface area contributed by atoms with Crippen LogP contribution in [0.2, 0.25) is 0 Å². The maximum Gasteiger partial charge on any atom is 0.416 e. The number of carbonyl (C=O) groups excluding carboxylic acids is 1. The minimum Gasteiger partial charge on any atom is -0.342 e. The summed E-state index contributed by atoms with van der Waals surface area (Å²) in [5.74, 6) is 0.329. The van der Waals surface area contributed by atoms with Crippen LogP contribution in [0.4, 0.5) is 13.2 Å². The predicted molar refractivity (Wildman–Crippen MR) is 118 cm³/mol. The zero-order chi connectivity index (χ0) is 24.2. The van der Waals surface area contributed by atoms with Gasteiger partial charge >= 0.3 is 6.18 Å². The van der Waals surface area contributed by atoms with Crippen molar-refractivity contribution in [2.75, 3.05) is 0 Å². The average Bonchev–Trinajstić information content (AvgIpc) is 3.41. The van der Waals surface area contributed by atoms with Gasteiger partial charge in [-0.25, -0.2) is 15.0 Å². The van der Waals surface area contributed by atoms with E-state index in [4.69, 9.17) is 0 Å². The van der Waals surface area contributed by atoms with Crippen molar-refractivity contribution in [3.8, 4) is 5.95 Å². The predicted octanol–water partition coefficient (Wildman–Crippen LogP) is 4.32. The Morgan fingerprint density at radius 1 is 1.21 bits per heavy atom. The van der Waals surface area contributed by atoms with Gasteiger partial charge < -0.3 is 5.32 Å². The van der Waals surface area contributed by atoms with Gasteiger partial charge in [0, 0.05) is 17.8 Å². The van der Waals surface area contributed by atoms with Crippen molar-refractivity contribution in [3.63, 3.8) is 0 Å². The van der Waals surface area contributed by atoms with Crippen LogP contribution in [0.5, 0.6) is 0 Å².